The topological polar surface area (TPSA) is 119 Å². The molecular formula is C19H21N7O2S. The van der Waals surface area contributed by atoms with Crippen molar-refractivity contribution in [2.75, 3.05) is 47.9 Å². The zero-order valence-electron chi connectivity index (χ0n) is 15.9. The average Bonchev–Trinajstić information content (AvgIpc) is 2.74. The van der Waals surface area contributed by atoms with E-state index in [0.717, 1.165) is 16.8 Å². The molecule has 1 fully saturated rings. The van der Waals surface area contributed by atoms with Gasteiger partial charge >= 0.3 is 0 Å². The number of ether oxygens (including phenoxy) is 1. The van der Waals surface area contributed by atoms with Gasteiger partial charge in [-0.05, 0) is 12.1 Å². The molecule has 9 nitrogen and oxygen atoms in total. The number of hydrogen-bond donors (Lipinski definition) is 2. The van der Waals surface area contributed by atoms with Gasteiger partial charge in [0.25, 0.3) is 0 Å². The van der Waals surface area contributed by atoms with Crippen LogP contribution in [0.3, 0.4) is 0 Å². The Labute approximate surface area is 171 Å². The van der Waals surface area contributed by atoms with Crippen LogP contribution in [0, 0.1) is 0 Å². The summed E-state index contributed by atoms with van der Waals surface area (Å²) in [7, 11) is -1.21. The second-order valence-corrected chi connectivity index (χ2v) is 7.58. The summed E-state index contributed by atoms with van der Waals surface area (Å²) in [4.78, 5) is 19.8. The van der Waals surface area contributed by atoms with Crippen LogP contribution in [0.25, 0.3) is 22.5 Å². The van der Waals surface area contributed by atoms with Gasteiger partial charge in [0.15, 0.2) is 0 Å². The van der Waals surface area contributed by atoms with Crippen molar-refractivity contribution in [2.45, 2.75) is 0 Å². The minimum atomic E-state index is -1.21. The molecule has 29 heavy (non-hydrogen) atoms. The van der Waals surface area contributed by atoms with E-state index >= 15 is 0 Å². The molecular weight excluding hydrogens is 390 g/mol. The number of nitrogens with zero attached hydrogens (tertiary/aromatic N) is 5. The summed E-state index contributed by atoms with van der Waals surface area (Å²) in [6.45, 7) is 2.67. The molecule has 0 radical (unpaired) electrons. The molecule has 3 heterocycles. The molecule has 0 saturated carbocycles. The number of hydrogen-bond acceptors (Lipinski definition) is 8. The van der Waals surface area contributed by atoms with E-state index in [1.54, 1.807) is 18.6 Å². The van der Waals surface area contributed by atoms with Crippen LogP contribution in [-0.2, 0) is 15.7 Å². The molecule has 0 aliphatic carbocycles. The standard InChI is InChI=1S/C19H21N7O2S/c1-29(27)25-15-5-3-2-4-14(15)17-10-16(13-11-21-18(20)22-12-13)23-19(24-17)26-6-8-28-9-7-26/h2-5,10-12,25H,6-9H2,1H3,(H2,20,21,22). The normalized spacial score (nSPS) is 15.1. The second-order valence-electron chi connectivity index (χ2n) is 6.47. The molecule has 3 N–H and O–H groups in total. The first kappa shape index (κ1) is 19.2. The van der Waals surface area contributed by atoms with E-state index in [1.807, 2.05) is 30.3 Å². The maximum Gasteiger partial charge on any atom is 0.226 e. The highest BCUT2D eigenvalue weighted by Crippen LogP contribution is 2.31. The van der Waals surface area contributed by atoms with Gasteiger partial charge in [-0.15, -0.1) is 0 Å². The summed E-state index contributed by atoms with van der Waals surface area (Å²) >= 11 is 0. The first-order valence-corrected chi connectivity index (χ1v) is 10.6. The van der Waals surface area contributed by atoms with Gasteiger partial charge in [-0.3, -0.25) is 0 Å². The Kier molecular flexibility index (Phi) is 5.63. The second kappa shape index (κ2) is 8.50. The van der Waals surface area contributed by atoms with E-state index in [-0.39, 0.29) is 5.95 Å². The Morgan fingerprint density at radius 1 is 1.10 bits per heavy atom. The molecule has 150 valence electrons. The number of nitrogen functional groups attached to an aromatic ring is 1. The fraction of sp³-hybridized carbons (Fsp3) is 0.263. The zero-order valence-corrected chi connectivity index (χ0v) is 16.7. The number of benzene rings is 1. The van der Waals surface area contributed by atoms with Crippen molar-refractivity contribution in [1.29, 1.82) is 0 Å². The number of rotatable bonds is 5. The van der Waals surface area contributed by atoms with Crippen molar-refractivity contribution in [3.63, 3.8) is 0 Å². The molecule has 10 heteroatoms. The molecule has 0 bridgehead atoms. The molecule has 1 aliphatic heterocycles. The number of morpholine rings is 1. The van der Waals surface area contributed by atoms with Crippen molar-refractivity contribution in [3.05, 3.63) is 42.7 Å². The van der Waals surface area contributed by atoms with Crippen LogP contribution in [0.5, 0.6) is 0 Å². The van der Waals surface area contributed by atoms with Crippen LogP contribution < -0.4 is 15.4 Å². The first-order valence-electron chi connectivity index (χ1n) is 9.09. The predicted octanol–water partition coefficient (Wildman–Crippen LogP) is 1.72. The highest BCUT2D eigenvalue weighted by atomic mass is 32.2. The number of aromatic nitrogens is 4. The Morgan fingerprint density at radius 3 is 2.52 bits per heavy atom. The van der Waals surface area contributed by atoms with Crippen molar-refractivity contribution >= 4 is 28.6 Å². The van der Waals surface area contributed by atoms with Gasteiger partial charge in [-0.2, -0.15) is 0 Å². The fourth-order valence-electron chi connectivity index (χ4n) is 3.05. The lowest BCUT2D eigenvalue weighted by atomic mass is 10.1. The SMILES string of the molecule is CS(=O)Nc1ccccc1-c1cc(-c2cnc(N)nc2)nc(N2CCOCC2)n1. The molecule has 1 atom stereocenters. The van der Waals surface area contributed by atoms with E-state index in [9.17, 15) is 4.21 Å². The van der Waals surface area contributed by atoms with Gasteiger partial charge in [0, 0.05) is 42.9 Å². The molecule has 1 saturated heterocycles. The minimum Gasteiger partial charge on any atom is -0.378 e. The number of nitrogens with two attached hydrogens (primary N) is 1. The summed E-state index contributed by atoms with van der Waals surface area (Å²) in [5, 5.41) is 0. The molecule has 1 unspecified atom stereocenters. The quantitative estimate of drug-likeness (QED) is 0.651. The Balaban J connectivity index is 1.84. The maximum absolute atomic E-state index is 11.7. The highest BCUT2D eigenvalue weighted by molar-refractivity contribution is 7.85. The summed E-state index contributed by atoms with van der Waals surface area (Å²) < 4.78 is 20.2. The summed E-state index contributed by atoms with van der Waals surface area (Å²) in [5.74, 6) is 0.807. The number of para-hydroxylation sites is 1. The van der Waals surface area contributed by atoms with Gasteiger partial charge in [-0.1, -0.05) is 18.2 Å². The van der Waals surface area contributed by atoms with E-state index in [4.69, 9.17) is 20.4 Å². The van der Waals surface area contributed by atoms with Crippen molar-refractivity contribution in [3.8, 4) is 22.5 Å². The third kappa shape index (κ3) is 4.49. The lowest BCUT2D eigenvalue weighted by Gasteiger charge is -2.27. The monoisotopic (exact) mass is 411 g/mol. The predicted molar refractivity (Wildman–Crippen MR) is 114 cm³/mol. The third-order valence-electron chi connectivity index (χ3n) is 4.43. The smallest absolute Gasteiger partial charge is 0.226 e. The number of anilines is 3. The summed E-state index contributed by atoms with van der Waals surface area (Å²) in [5.41, 5.74) is 9.32. The molecule has 2 aromatic heterocycles. The van der Waals surface area contributed by atoms with Crippen LogP contribution >= 0.6 is 0 Å². The molecule has 3 aromatic rings. The largest absolute Gasteiger partial charge is 0.378 e. The van der Waals surface area contributed by atoms with E-state index in [2.05, 4.69) is 19.6 Å². The van der Waals surface area contributed by atoms with Crippen molar-refractivity contribution < 1.29 is 8.95 Å². The Morgan fingerprint density at radius 2 is 1.79 bits per heavy atom. The lowest BCUT2D eigenvalue weighted by Crippen LogP contribution is -2.37. The van der Waals surface area contributed by atoms with Gasteiger partial charge in [-0.25, -0.2) is 24.1 Å². The van der Waals surface area contributed by atoms with Crippen LogP contribution in [0.2, 0.25) is 0 Å². The lowest BCUT2D eigenvalue weighted by molar-refractivity contribution is 0.122. The van der Waals surface area contributed by atoms with Gasteiger partial charge < -0.3 is 20.1 Å². The Hall–Kier alpha value is -3.11. The summed E-state index contributed by atoms with van der Waals surface area (Å²) in [6, 6.07) is 9.49. The molecule has 1 aromatic carbocycles. The number of nitrogens with one attached hydrogen (secondary N) is 1. The molecule has 1 aliphatic rings. The maximum atomic E-state index is 11.7. The van der Waals surface area contributed by atoms with Crippen LogP contribution in [0.1, 0.15) is 0 Å². The van der Waals surface area contributed by atoms with Crippen molar-refractivity contribution in [1.82, 2.24) is 19.9 Å². The van der Waals surface area contributed by atoms with Crippen LogP contribution in [0.4, 0.5) is 17.6 Å². The average molecular weight is 411 g/mol. The van der Waals surface area contributed by atoms with E-state index in [0.29, 0.717) is 43.6 Å². The zero-order chi connectivity index (χ0) is 20.2. The third-order valence-corrected chi connectivity index (χ3v) is 4.94. The molecule has 0 amide bonds. The fourth-order valence-corrected chi connectivity index (χ4v) is 3.53. The van der Waals surface area contributed by atoms with Crippen LogP contribution in [0.15, 0.2) is 42.7 Å². The van der Waals surface area contributed by atoms with Gasteiger partial charge in [0.05, 0.1) is 30.3 Å². The van der Waals surface area contributed by atoms with Crippen LogP contribution in [-0.4, -0.2) is 56.7 Å². The first-order chi connectivity index (χ1) is 14.1. The van der Waals surface area contributed by atoms with E-state index in [1.165, 1.54) is 0 Å². The minimum absolute atomic E-state index is 0.205. The molecule has 4 rings (SSSR count). The van der Waals surface area contributed by atoms with E-state index < -0.39 is 11.0 Å². The molecule has 0 spiro atoms. The van der Waals surface area contributed by atoms with Gasteiger partial charge in [0.1, 0.15) is 11.0 Å². The summed E-state index contributed by atoms with van der Waals surface area (Å²) in [6.07, 6.45) is 4.87. The van der Waals surface area contributed by atoms with Gasteiger partial charge in [0.2, 0.25) is 11.9 Å². The highest BCUT2D eigenvalue weighted by Gasteiger charge is 2.18. The Bertz CT molecular complexity index is 1020. The van der Waals surface area contributed by atoms with Crippen molar-refractivity contribution in [2.24, 2.45) is 0 Å².